The third-order valence-electron chi connectivity index (χ3n) is 5.87. The first-order valence-electron chi connectivity index (χ1n) is 11.7. The second-order valence-electron chi connectivity index (χ2n) is 8.89. The fourth-order valence-corrected chi connectivity index (χ4v) is 5.81. The summed E-state index contributed by atoms with van der Waals surface area (Å²) in [5.74, 6) is 0.0602. The zero-order valence-corrected chi connectivity index (χ0v) is 22.8. The fourth-order valence-electron chi connectivity index (χ4n) is 4.16. The third-order valence-corrected chi connectivity index (χ3v) is 7.86. The number of aryl methyl sites for hydroxylation is 1. The second-order valence-corrected chi connectivity index (χ2v) is 11.4. The SMILES string of the molecule is CCCC(C)c1ccccc1C(F)(F)F.Cc1cc(-n2cnc3ccc(CS(C)=O)cc32)sc1C(N)=O. The number of nitrogens with zero attached hydrogens (tertiary/aromatic N) is 2. The highest BCUT2D eigenvalue weighted by molar-refractivity contribution is 7.83. The maximum atomic E-state index is 12.6. The predicted molar refractivity (Wildman–Crippen MR) is 145 cm³/mol. The molecule has 0 bridgehead atoms. The molecule has 0 radical (unpaired) electrons. The van der Waals surface area contributed by atoms with Gasteiger partial charge in [-0.15, -0.1) is 11.3 Å². The molecule has 2 atom stereocenters. The Bertz CT molecular complexity index is 1410. The molecule has 2 aromatic heterocycles. The lowest BCUT2D eigenvalue weighted by Crippen LogP contribution is -2.10. The number of halogens is 3. The Kier molecular flexibility index (Phi) is 9.31. The number of fused-ring (bicyclic) bond motifs is 1. The van der Waals surface area contributed by atoms with Crippen molar-refractivity contribution in [2.24, 2.45) is 5.73 Å². The first-order chi connectivity index (χ1) is 17.4. The largest absolute Gasteiger partial charge is 0.416 e. The number of benzene rings is 2. The van der Waals surface area contributed by atoms with E-state index in [0.717, 1.165) is 46.1 Å². The van der Waals surface area contributed by atoms with Gasteiger partial charge in [0.15, 0.2) is 0 Å². The van der Waals surface area contributed by atoms with Gasteiger partial charge >= 0.3 is 6.18 Å². The molecule has 4 rings (SSSR count). The number of hydrogen-bond acceptors (Lipinski definition) is 4. The maximum Gasteiger partial charge on any atom is 0.416 e. The van der Waals surface area contributed by atoms with Crippen molar-refractivity contribution >= 4 is 39.1 Å². The van der Waals surface area contributed by atoms with Crippen LogP contribution in [0.25, 0.3) is 16.0 Å². The molecule has 0 aliphatic rings. The Morgan fingerprint density at radius 1 is 1.19 bits per heavy atom. The van der Waals surface area contributed by atoms with Gasteiger partial charge in [0.2, 0.25) is 0 Å². The van der Waals surface area contributed by atoms with Crippen molar-refractivity contribution in [1.29, 1.82) is 0 Å². The van der Waals surface area contributed by atoms with Crippen molar-refractivity contribution in [1.82, 2.24) is 9.55 Å². The molecule has 0 saturated heterocycles. The molecule has 0 saturated carbocycles. The number of rotatable bonds is 7. The van der Waals surface area contributed by atoms with Crippen molar-refractivity contribution in [3.8, 4) is 5.00 Å². The highest BCUT2D eigenvalue weighted by Crippen LogP contribution is 2.36. The third kappa shape index (κ3) is 7.07. The van der Waals surface area contributed by atoms with Gasteiger partial charge in [0, 0.05) is 22.8 Å². The van der Waals surface area contributed by atoms with Crippen molar-refractivity contribution in [3.63, 3.8) is 0 Å². The van der Waals surface area contributed by atoms with E-state index in [0.29, 0.717) is 16.2 Å². The normalized spacial score (nSPS) is 13.2. The number of hydrogen-bond donors (Lipinski definition) is 1. The first kappa shape index (κ1) is 28.6. The predicted octanol–water partition coefficient (Wildman–Crippen LogP) is 6.98. The zero-order chi connectivity index (χ0) is 27.3. The number of thiophene rings is 1. The Morgan fingerprint density at radius 3 is 2.49 bits per heavy atom. The number of carbonyl (C=O) groups excluding carboxylic acids is 1. The van der Waals surface area contributed by atoms with E-state index in [2.05, 4.69) is 4.98 Å². The Morgan fingerprint density at radius 2 is 1.89 bits per heavy atom. The van der Waals surface area contributed by atoms with Gasteiger partial charge in [-0.05, 0) is 60.2 Å². The van der Waals surface area contributed by atoms with Gasteiger partial charge in [0.25, 0.3) is 5.91 Å². The lowest BCUT2D eigenvalue weighted by atomic mass is 9.92. The van der Waals surface area contributed by atoms with E-state index < -0.39 is 28.4 Å². The van der Waals surface area contributed by atoms with E-state index in [-0.39, 0.29) is 5.92 Å². The molecule has 4 aromatic rings. The van der Waals surface area contributed by atoms with Gasteiger partial charge in [-0.2, -0.15) is 13.2 Å². The monoisotopic (exact) mass is 549 g/mol. The maximum absolute atomic E-state index is 12.6. The summed E-state index contributed by atoms with van der Waals surface area (Å²) in [6, 6.07) is 13.6. The number of nitrogens with two attached hydrogens (primary N) is 1. The second kappa shape index (κ2) is 12.0. The standard InChI is InChI=1S/C15H15N3O2S2.C12H15F3/c1-9-5-13(21-14(9)15(16)19)18-8-17-11-4-3-10(6-12(11)18)7-22(2)20;1-3-6-9(2)10-7-4-5-8-11(10)12(13,14)15/h3-6,8H,7H2,1-2H3,(H2,16,19);4-5,7-9H,3,6H2,1-2H3. The Balaban J connectivity index is 0.000000222. The Labute approximate surface area is 221 Å². The van der Waals surface area contributed by atoms with Gasteiger partial charge < -0.3 is 5.73 Å². The number of primary amides is 1. The summed E-state index contributed by atoms with van der Waals surface area (Å²) in [5.41, 5.74) is 8.95. The molecule has 5 nitrogen and oxygen atoms in total. The van der Waals surface area contributed by atoms with Crippen LogP contribution in [-0.2, 0) is 22.7 Å². The van der Waals surface area contributed by atoms with Gasteiger partial charge in [0.05, 0.1) is 21.5 Å². The quantitative estimate of drug-likeness (QED) is 0.270. The van der Waals surface area contributed by atoms with Crippen molar-refractivity contribution < 1.29 is 22.2 Å². The van der Waals surface area contributed by atoms with Gasteiger partial charge in [-0.25, -0.2) is 4.98 Å². The molecule has 10 heteroatoms. The van der Waals surface area contributed by atoms with Crippen LogP contribution in [0, 0.1) is 6.92 Å². The molecule has 1 amide bonds. The van der Waals surface area contributed by atoms with E-state index in [1.807, 2.05) is 49.6 Å². The molecule has 0 spiro atoms. The van der Waals surface area contributed by atoms with Gasteiger partial charge in [-0.1, -0.05) is 44.5 Å². The van der Waals surface area contributed by atoms with E-state index >= 15 is 0 Å². The van der Waals surface area contributed by atoms with Crippen LogP contribution in [0.15, 0.2) is 54.9 Å². The summed E-state index contributed by atoms with van der Waals surface area (Å²) in [6.45, 7) is 5.69. The fraction of sp³-hybridized carbons (Fsp3) is 0.333. The van der Waals surface area contributed by atoms with Crippen LogP contribution in [0.3, 0.4) is 0 Å². The topological polar surface area (TPSA) is 78.0 Å². The highest BCUT2D eigenvalue weighted by atomic mass is 32.2. The van der Waals surface area contributed by atoms with Crippen LogP contribution in [0.2, 0.25) is 0 Å². The minimum Gasteiger partial charge on any atom is -0.365 e. The highest BCUT2D eigenvalue weighted by Gasteiger charge is 2.33. The van der Waals surface area contributed by atoms with Crippen LogP contribution in [-0.4, -0.2) is 25.9 Å². The molecular formula is C27H30F3N3O2S2. The lowest BCUT2D eigenvalue weighted by Gasteiger charge is -2.17. The van der Waals surface area contributed by atoms with Crippen LogP contribution < -0.4 is 5.73 Å². The molecule has 0 aliphatic carbocycles. The summed E-state index contributed by atoms with van der Waals surface area (Å²) in [7, 11) is -0.892. The molecular weight excluding hydrogens is 519 g/mol. The summed E-state index contributed by atoms with van der Waals surface area (Å²) in [4.78, 5) is 16.4. The first-order valence-corrected chi connectivity index (χ1v) is 14.3. The number of imidazole rings is 1. The molecule has 198 valence electrons. The minimum absolute atomic E-state index is 0.0344. The smallest absolute Gasteiger partial charge is 0.365 e. The van der Waals surface area contributed by atoms with Crippen LogP contribution >= 0.6 is 11.3 Å². The molecule has 2 heterocycles. The lowest BCUT2D eigenvalue weighted by molar-refractivity contribution is -0.138. The van der Waals surface area contributed by atoms with Crippen LogP contribution in [0.5, 0.6) is 0 Å². The van der Waals surface area contributed by atoms with Crippen molar-refractivity contribution in [2.45, 2.75) is 51.5 Å². The average Bonchev–Trinajstić information content (AvgIpc) is 3.41. The van der Waals surface area contributed by atoms with E-state index in [9.17, 15) is 22.2 Å². The summed E-state index contributed by atoms with van der Waals surface area (Å²) < 4.78 is 51.3. The molecule has 0 fully saturated rings. The number of aromatic nitrogens is 2. The Hall–Kier alpha value is -2.98. The molecule has 2 N–H and O–H groups in total. The number of amides is 1. The summed E-state index contributed by atoms with van der Waals surface area (Å²) in [6.07, 6.45) is 0.857. The molecule has 0 aliphatic heterocycles. The number of alkyl halides is 3. The molecule has 2 aromatic carbocycles. The molecule has 37 heavy (non-hydrogen) atoms. The average molecular weight is 550 g/mol. The van der Waals surface area contributed by atoms with Gasteiger partial charge in [0.1, 0.15) is 11.3 Å². The summed E-state index contributed by atoms with van der Waals surface area (Å²) >= 11 is 1.35. The van der Waals surface area contributed by atoms with Crippen LogP contribution in [0.4, 0.5) is 13.2 Å². The van der Waals surface area contributed by atoms with E-state index in [1.54, 1.807) is 24.7 Å². The van der Waals surface area contributed by atoms with E-state index in [1.165, 1.54) is 17.4 Å². The van der Waals surface area contributed by atoms with Gasteiger partial charge in [-0.3, -0.25) is 13.6 Å². The molecule has 2 unspecified atom stereocenters. The van der Waals surface area contributed by atoms with Crippen molar-refractivity contribution in [2.75, 3.05) is 6.26 Å². The summed E-state index contributed by atoms with van der Waals surface area (Å²) in [5, 5.41) is 0.892. The van der Waals surface area contributed by atoms with E-state index in [4.69, 9.17) is 5.73 Å². The number of carbonyl (C=O) groups is 1. The van der Waals surface area contributed by atoms with Crippen molar-refractivity contribution in [3.05, 3.63) is 82.0 Å². The van der Waals surface area contributed by atoms with Crippen LogP contribution in [0.1, 0.15) is 64.5 Å². The minimum atomic E-state index is -4.24. The zero-order valence-electron chi connectivity index (χ0n) is 21.1.